The molecule has 0 spiro atoms. The lowest BCUT2D eigenvalue weighted by Gasteiger charge is -2.26. The van der Waals surface area contributed by atoms with E-state index in [0.717, 1.165) is 17.1 Å². The van der Waals surface area contributed by atoms with E-state index < -0.39 is 6.04 Å². The largest absolute Gasteiger partial charge is 0.497 e. The minimum atomic E-state index is -0.418. The van der Waals surface area contributed by atoms with Crippen LogP contribution in [0.1, 0.15) is 11.6 Å². The van der Waals surface area contributed by atoms with Crippen molar-refractivity contribution in [1.82, 2.24) is 0 Å². The molecule has 0 aliphatic carbocycles. The highest BCUT2D eigenvalue weighted by molar-refractivity contribution is 5.94. The maximum absolute atomic E-state index is 13.1. The number of methoxy groups -OCH3 is 1. The van der Waals surface area contributed by atoms with Gasteiger partial charge in [0.15, 0.2) is 23.6 Å². The zero-order chi connectivity index (χ0) is 20.8. The Morgan fingerprint density at radius 1 is 1.07 bits per heavy atom. The molecule has 1 amide bonds. The van der Waals surface area contributed by atoms with Gasteiger partial charge in [-0.3, -0.25) is 4.79 Å². The molecule has 1 aliphatic heterocycles. The minimum Gasteiger partial charge on any atom is -0.497 e. The summed E-state index contributed by atoms with van der Waals surface area (Å²) in [4.78, 5) is 13.1. The van der Waals surface area contributed by atoms with Crippen LogP contribution in [0, 0.1) is 0 Å². The van der Waals surface area contributed by atoms with Gasteiger partial charge < -0.3 is 24.8 Å². The average Bonchev–Trinajstić information content (AvgIpc) is 2.80. The summed E-state index contributed by atoms with van der Waals surface area (Å²) >= 11 is 0. The zero-order valence-corrected chi connectivity index (χ0v) is 16.8. The SMILES string of the molecule is COc1cccc(NC(=O)[C@@H]([NH2+]C[C@H]2COc3ccccc3O2)c2ccccc2)c1. The average molecular weight is 405 g/mol. The van der Waals surface area contributed by atoms with Crippen molar-refractivity contribution in [3.8, 4) is 17.2 Å². The van der Waals surface area contributed by atoms with Crippen molar-refractivity contribution in [2.75, 3.05) is 25.6 Å². The van der Waals surface area contributed by atoms with Gasteiger partial charge in [-0.2, -0.15) is 0 Å². The van der Waals surface area contributed by atoms with Gasteiger partial charge in [-0.05, 0) is 24.3 Å². The second-order valence-electron chi connectivity index (χ2n) is 7.08. The van der Waals surface area contributed by atoms with E-state index in [0.29, 0.717) is 24.6 Å². The molecule has 4 rings (SSSR count). The highest BCUT2D eigenvalue weighted by Crippen LogP contribution is 2.30. The fraction of sp³-hybridized carbons (Fsp3) is 0.208. The number of para-hydroxylation sites is 2. The summed E-state index contributed by atoms with van der Waals surface area (Å²) in [6.07, 6.45) is -0.143. The van der Waals surface area contributed by atoms with Crippen molar-refractivity contribution in [1.29, 1.82) is 0 Å². The van der Waals surface area contributed by atoms with Crippen LogP contribution in [-0.4, -0.2) is 32.3 Å². The molecule has 6 heteroatoms. The maximum Gasteiger partial charge on any atom is 0.287 e. The van der Waals surface area contributed by atoms with Crippen LogP contribution in [0.15, 0.2) is 78.9 Å². The van der Waals surface area contributed by atoms with Crippen LogP contribution >= 0.6 is 0 Å². The van der Waals surface area contributed by atoms with E-state index in [-0.39, 0.29) is 12.0 Å². The highest BCUT2D eigenvalue weighted by Gasteiger charge is 2.28. The van der Waals surface area contributed by atoms with E-state index in [1.807, 2.05) is 78.1 Å². The number of benzene rings is 3. The van der Waals surface area contributed by atoms with E-state index >= 15 is 0 Å². The Balaban J connectivity index is 1.46. The normalized spacial score (nSPS) is 15.8. The molecule has 3 N–H and O–H groups in total. The maximum atomic E-state index is 13.1. The first kappa shape index (κ1) is 19.8. The Labute approximate surface area is 175 Å². The van der Waals surface area contributed by atoms with Crippen molar-refractivity contribution in [3.63, 3.8) is 0 Å². The zero-order valence-electron chi connectivity index (χ0n) is 16.8. The third-order valence-electron chi connectivity index (χ3n) is 4.98. The smallest absolute Gasteiger partial charge is 0.287 e. The number of quaternary nitrogens is 1. The fourth-order valence-electron chi connectivity index (χ4n) is 3.44. The predicted molar refractivity (Wildman–Crippen MR) is 114 cm³/mol. The molecule has 1 aliphatic rings. The number of nitrogens with two attached hydrogens (primary N) is 1. The molecule has 0 radical (unpaired) electrons. The summed E-state index contributed by atoms with van der Waals surface area (Å²) in [6.45, 7) is 1.03. The van der Waals surface area contributed by atoms with Gasteiger partial charge in [-0.25, -0.2) is 0 Å². The van der Waals surface area contributed by atoms with Crippen LogP contribution in [0.25, 0.3) is 0 Å². The van der Waals surface area contributed by atoms with Crippen molar-refractivity contribution >= 4 is 11.6 Å². The van der Waals surface area contributed by atoms with E-state index in [2.05, 4.69) is 5.32 Å². The summed E-state index contributed by atoms with van der Waals surface area (Å²) in [5.41, 5.74) is 1.62. The molecule has 0 aromatic heterocycles. The van der Waals surface area contributed by atoms with Crippen molar-refractivity contribution in [2.45, 2.75) is 12.1 Å². The predicted octanol–water partition coefficient (Wildman–Crippen LogP) is 2.78. The van der Waals surface area contributed by atoms with Crippen LogP contribution in [0.2, 0.25) is 0 Å². The first-order valence-electron chi connectivity index (χ1n) is 9.94. The monoisotopic (exact) mass is 405 g/mol. The molecule has 30 heavy (non-hydrogen) atoms. The third-order valence-corrected chi connectivity index (χ3v) is 4.98. The number of carbonyl (C=O) groups excluding carboxylic acids is 1. The topological polar surface area (TPSA) is 73.4 Å². The molecule has 0 unspecified atom stereocenters. The molecule has 0 fully saturated rings. The van der Waals surface area contributed by atoms with E-state index in [1.54, 1.807) is 13.2 Å². The quantitative estimate of drug-likeness (QED) is 0.634. The van der Waals surface area contributed by atoms with Gasteiger partial charge >= 0.3 is 0 Å². The number of carbonyl (C=O) groups is 1. The van der Waals surface area contributed by atoms with Gasteiger partial charge in [0.25, 0.3) is 5.91 Å². The summed E-state index contributed by atoms with van der Waals surface area (Å²) in [5, 5.41) is 4.99. The lowest BCUT2D eigenvalue weighted by molar-refractivity contribution is -0.687. The van der Waals surface area contributed by atoms with Gasteiger partial charge in [-0.15, -0.1) is 0 Å². The van der Waals surface area contributed by atoms with E-state index in [9.17, 15) is 4.79 Å². The Kier molecular flexibility index (Phi) is 6.15. The van der Waals surface area contributed by atoms with Crippen molar-refractivity contribution in [3.05, 3.63) is 84.4 Å². The second kappa shape index (κ2) is 9.33. The minimum absolute atomic E-state index is 0.105. The molecule has 6 nitrogen and oxygen atoms in total. The van der Waals surface area contributed by atoms with Crippen LogP contribution in [0.3, 0.4) is 0 Å². The molecule has 0 saturated heterocycles. The van der Waals surface area contributed by atoms with E-state index in [1.165, 1.54) is 0 Å². The Hall–Kier alpha value is -3.51. The molecular weight excluding hydrogens is 380 g/mol. The number of amides is 1. The first-order chi connectivity index (χ1) is 14.7. The van der Waals surface area contributed by atoms with Crippen LogP contribution in [0.4, 0.5) is 5.69 Å². The standard InChI is InChI=1S/C24H24N2O4/c1-28-19-11-7-10-18(14-19)26-24(27)23(17-8-3-2-4-9-17)25-15-20-16-29-21-12-5-6-13-22(21)30-20/h2-14,20,23,25H,15-16H2,1H3,(H,26,27)/p+1/t20-,23-/m0/s1. The number of rotatable bonds is 7. The van der Waals surface area contributed by atoms with Crippen molar-refractivity contribution < 1.29 is 24.3 Å². The molecule has 2 atom stereocenters. The summed E-state index contributed by atoms with van der Waals surface area (Å²) < 4.78 is 17.1. The molecule has 0 bridgehead atoms. The van der Waals surface area contributed by atoms with Gasteiger partial charge in [0.2, 0.25) is 0 Å². The Morgan fingerprint density at radius 2 is 1.83 bits per heavy atom. The second-order valence-corrected chi connectivity index (χ2v) is 7.08. The first-order valence-corrected chi connectivity index (χ1v) is 9.94. The van der Waals surface area contributed by atoms with Gasteiger partial charge in [-0.1, -0.05) is 48.5 Å². The van der Waals surface area contributed by atoms with Gasteiger partial charge in [0, 0.05) is 17.3 Å². The lowest BCUT2D eigenvalue weighted by Crippen LogP contribution is -2.89. The molecule has 1 heterocycles. The summed E-state index contributed by atoms with van der Waals surface area (Å²) in [6, 6.07) is 24.3. The van der Waals surface area contributed by atoms with Crippen molar-refractivity contribution in [2.24, 2.45) is 0 Å². The molecule has 3 aromatic rings. The lowest BCUT2D eigenvalue weighted by atomic mass is 10.1. The third kappa shape index (κ3) is 4.72. The Bertz CT molecular complexity index is 993. The summed E-state index contributed by atoms with van der Waals surface area (Å²) in [5.74, 6) is 2.08. The fourth-order valence-corrected chi connectivity index (χ4v) is 3.44. The van der Waals surface area contributed by atoms with Crippen LogP contribution < -0.4 is 24.8 Å². The van der Waals surface area contributed by atoms with E-state index in [4.69, 9.17) is 14.2 Å². The number of hydrogen-bond donors (Lipinski definition) is 2. The summed E-state index contributed by atoms with van der Waals surface area (Å²) in [7, 11) is 1.60. The number of ether oxygens (including phenoxy) is 3. The number of nitrogens with one attached hydrogen (secondary N) is 1. The number of hydrogen-bond acceptors (Lipinski definition) is 4. The van der Waals surface area contributed by atoms with Crippen LogP contribution in [-0.2, 0) is 4.79 Å². The van der Waals surface area contributed by atoms with Crippen LogP contribution in [0.5, 0.6) is 17.2 Å². The van der Waals surface area contributed by atoms with Gasteiger partial charge in [0.1, 0.15) is 18.9 Å². The molecule has 3 aromatic carbocycles. The van der Waals surface area contributed by atoms with Gasteiger partial charge in [0.05, 0.1) is 7.11 Å². The highest BCUT2D eigenvalue weighted by atomic mass is 16.6. The number of anilines is 1. The Morgan fingerprint density at radius 3 is 2.63 bits per heavy atom. The molecular formula is C24H25N2O4+. The molecule has 154 valence electrons. The molecule has 0 saturated carbocycles. The number of fused-ring (bicyclic) bond motifs is 1.